The molecular weight excluding hydrogens is 188 g/mol. The molecule has 0 spiro atoms. The molecule has 0 aliphatic heterocycles. The zero-order valence-electron chi connectivity index (χ0n) is 8.11. The first kappa shape index (κ1) is 13.3. The van der Waals surface area contributed by atoms with Crippen LogP contribution in [0.4, 0.5) is 0 Å². The van der Waals surface area contributed by atoms with E-state index in [-0.39, 0.29) is 13.2 Å². The van der Waals surface area contributed by atoms with Crippen LogP contribution in [-0.2, 0) is 9.90 Å². The van der Waals surface area contributed by atoms with E-state index in [1.165, 1.54) is 0 Å². The molecule has 0 saturated heterocycles. The normalized spacial score (nSPS) is 10.6. The fourth-order valence-corrected chi connectivity index (χ4v) is 1.02. The average Bonchev–Trinajstić information content (AvgIpc) is 2.18. The zero-order chi connectivity index (χ0) is 10.8. The lowest BCUT2D eigenvalue weighted by Crippen LogP contribution is -2.38. The van der Waals surface area contributed by atoms with Crippen LogP contribution in [0.3, 0.4) is 0 Å². The van der Waals surface area contributed by atoms with Crippen LogP contribution in [0.25, 0.3) is 0 Å². The van der Waals surface area contributed by atoms with Gasteiger partial charge in [-0.25, -0.2) is 5.11 Å². The summed E-state index contributed by atoms with van der Waals surface area (Å²) in [6.07, 6.45) is 0. The Morgan fingerprint density at radius 1 is 1.14 bits per heavy atom. The number of hydrogen-bond donors (Lipinski definition) is 3. The summed E-state index contributed by atoms with van der Waals surface area (Å²) in [6.45, 7) is 1.04. The van der Waals surface area contributed by atoms with Crippen molar-refractivity contribution in [3.8, 4) is 0 Å². The minimum absolute atomic E-state index is 0.00943. The zero-order valence-corrected chi connectivity index (χ0v) is 8.11. The maximum absolute atomic E-state index is 10.6. The van der Waals surface area contributed by atoms with E-state index < -0.39 is 12.5 Å². The van der Waals surface area contributed by atoms with Crippen LogP contribution >= 0.6 is 0 Å². The molecule has 0 aliphatic rings. The summed E-state index contributed by atoms with van der Waals surface area (Å²) in [6, 6.07) is 0. The van der Waals surface area contributed by atoms with Crippen LogP contribution < -0.4 is 5.32 Å². The van der Waals surface area contributed by atoms with Crippen LogP contribution in [0.2, 0.25) is 0 Å². The van der Waals surface area contributed by atoms with Crippen molar-refractivity contribution in [1.82, 2.24) is 10.2 Å². The largest absolute Gasteiger partial charge is 0.395 e. The minimum Gasteiger partial charge on any atom is -0.395 e. The monoisotopic (exact) mass is 205 g/mol. The quantitative estimate of drug-likeness (QED) is 0.420. The number of rotatable bonds is 8. The van der Waals surface area contributed by atoms with Gasteiger partial charge >= 0.3 is 0 Å². The van der Waals surface area contributed by atoms with E-state index in [0.717, 1.165) is 0 Å². The van der Waals surface area contributed by atoms with Crippen LogP contribution in [0.1, 0.15) is 0 Å². The number of carbonyl (C=O) groups excluding carboxylic acids is 1. The molecule has 1 amide bonds. The smallest absolute Gasteiger partial charge is 0.249 e. The number of nitrogens with zero attached hydrogens (tertiary/aromatic N) is 1. The summed E-state index contributed by atoms with van der Waals surface area (Å²) in [5.41, 5.74) is 0. The van der Waals surface area contributed by atoms with Gasteiger partial charge in [-0.2, -0.15) is 0 Å². The number of amides is 1. The summed E-state index contributed by atoms with van der Waals surface area (Å²) >= 11 is 0. The Hall–Kier alpha value is -0.690. The summed E-state index contributed by atoms with van der Waals surface area (Å²) in [7, 11) is 0. The molecular formula is C8H17N2O4. The van der Waals surface area contributed by atoms with Gasteiger partial charge in [-0.1, -0.05) is 0 Å². The predicted octanol–water partition coefficient (Wildman–Crippen LogP) is -2.18. The molecule has 6 heteroatoms. The third-order valence-electron chi connectivity index (χ3n) is 1.71. The van der Waals surface area contributed by atoms with E-state index in [4.69, 9.17) is 10.2 Å². The molecule has 0 rings (SSSR count). The summed E-state index contributed by atoms with van der Waals surface area (Å²) in [5, 5.41) is 29.8. The van der Waals surface area contributed by atoms with E-state index in [1.807, 2.05) is 0 Å². The highest BCUT2D eigenvalue weighted by atomic mass is 16.3. The number of carbonyl (C=O) groups is 1. The van der Waals surface area contributed by atoms with Crippen molar-refractivity contribution >= 4 is 5.91 Å². The third-order valence-corrected chi connectivity index (χ3v) is 1.71. The maximum atomic E-state index is 10.6. The summed E-state index contributed by atoms with van der Waals surface area (Å²) in [5.74, 6) is -0.530. The molecule has 0 saturated carbocycles. The van der Waals surface area contributed by atoms with Crippen molar-refractivity contribution in [1.29, 1.82) is 0 Å². The van der Waals surface area contributed by atoms with Gasteiger partial charge in [0.2, 0.25) is 5.91 Å². The number of nitrogens with one attached hydrogen (secondary N) is 1. The van der Waals surface area contributed by atoms with Gasteiger partial charge in [-0.15, -0.1) is 0 Å². The van der Waals surface area contributed by atoms with Crippen molar-refractivity contribution in [3.63, 3.8) is 0 Å². The van der Waals surface area contributed by atoms with Gasteiger partial charge in [0.1, 0.15) is 0 Å². The van der Waals surface area contributed by atoms with Gasteiger partial charge in [0, 0.05) is 26.2 Å². The lowest BCUT2D eigenvalue weighted by atomic mass is 10.4. The molecule has 6 nitrogen and oxygen atoms in total. The fourth-order valence-electron chi connectivity index (χ4n) is 1.02. The van der Waals surface area contributed by atoms with Crippen LogP contribution in [-0.4, -0.2) is 67.0 Å². The van der Waals surface area contributed by atoms with Gasteiger partial charge in [0.15, 0.2) is 6.61 Å². The lowest BCUT2D eigenvalue weighted by Gasteiger charge is -2.19. The van der Waals surface area contributed by atoms with Crippen LogP contribution in [0.5, 0.6) is 0 Å². The molecule has 0 unspecified atom stereocenters. The van der Waals surface area contributed by atoms with Crippen molar-refractivity contribution in [3.05, 3.63) is 0 Å². The second kappa shape index (κ2) is 8.89. The first-order valence-corrected chi connectivity index (χ1v) is 4.53. The predicted molar refractivity (Wildman–Crippen MR) is 49.2 cm³/mol. The fraction of sp³-hybridized carbons (Fsp3) is 0.875. The van der Waals surface area contributed by atoms with Crippen molar-refractivity contribution in [2.75, 3.05) is 46.0 Å². The molecule has 83 valence electrons. The van der Waals surface area contributed by atoms with E-state index in [2.05, 4.69) is 5.32 Å². The van der Waals surface area contributed by atoms with E-state index in [9.17, 15) is 9.90 Å². The third kappa shape index (κ3) is 6.79. The Labute approximate surface area is 83.1 Å². The van der Waals surface area contributed by atoms with Gasteiger partial charge < -0.3 is 15.5 Å². The summed E-state index contributed by atoms with van der Waals surface area (Å²) in [4.78, 5) is 12.4. The second-order valence-electron chi connectivity index (χ2n) is 2.78. The number of hydrogen-bond acceptors (Lipinski definition) is 4. The standard InChI is InChI=1S/C8H17N2O4/c11-5-3-10(4-6-12)2-1-9-8(14)7-13/h11-12H,1-7H2,(H,9,14). The Kier molecular flexibility index (Phi) is 8.45. The van der Waals surface area contributed by atoms with Gasteiger partial charge in [0.05, 0.1) is 13.2 Å². The topological polar surface area (TPSA) is 92.7 Å². The van der Waals surface area contributed by atoms with Crippen molar-refractivity contribution < 1.29 is 20.1 Å². The highest BCUT2D eigenvalue weighted by Gasteiger charge is 2.04. The van der Waals surface area contributed by atoms with Gasteiger partial charge in [-0.3, -0.25) is 9.69 Å². The maximum Gasteiger partial charge on any atom is 0.249 e. The van der Waals surface area contributed by atoms with Gasteiger partial charge in [0.25, 0.3) is 0 Å². The van der Waals surface area contributed by atoms with E-state index in [1.54, 1.807) is 4.90 Å². The molecule has 0 fully saturated rings. The minimum atomic E-state index is -0.764. The molecule has 0 aromatic carbocycles. The molecule has 0 aromatic rings. The number of aliphatic hydroxyl groups excluding tert-OH is 2. The Morgan fingerprint density at radius 3 is 2.14 bits per heavy atom. The molecule has 0 aliphatic carbocycles. The van der Waals surface area contributed by atoms with Crippen molar-refractivity contribution in [2.24, 2.45) is 0 Å². The Morgan fingerprint density at radius 2 is 1.71 bits per heavy atom. The van der Waals surface area contributed by atoms with Crippen LogP contribution in [0.15, 0.2) is 0 Å². The molecule has 14 heavy (non-hydrogen) atoms. The highest BCUT2D eigenvalue weighted by Crippen LogP contribution is 1.85. The number of aliphatic hydroxyl groups is 2. The molecule has 0 bridgehead atoms. The molecule has 0 heterocycles. The highest BCUT2D eigenvalue weighted by molar-refractivity contribution is 5.76. The SMILES string of the molecule is [O]CC(=O)NCCN(CCO)CCO. The first-order chi connectivity index (χ1) is 6.74. The van der Waals surface area contributed by atoms with Crippen molar-refractivity contribution in [2.45, 2.75) is 0 Å². The first-order valence-electron chi connectivity index (χ1n) is 4.53. The molecule has 0 atom stereocenters. The Balaban J connectivity index is 3.54. The second-order valence-corrected chi connectivity index (χ2v) is 2.78. The van der Waals surface area contributed by atoms with E-state index in [0.29, 0.717) is 26.2 Å². The Bertz CT molecular complexity index is 148. The lowest BCUT2D eigenvalue weighted by molar-refractivity contribution is -0.125. The molecule has 0 aromatic heterocycles. The summed E-state index contributed by atoms with van der Waals surface area (Å²) < 4.78 is 0. The molecule has 1 radical (unpaired) electrons. The molecule has 3 N–H and O–H groups in total. The van der Waals surface area contributed by atoms with Crippen LogP contribution in [0, 0.1) is 0 Å². The van der Waals surface area contributed by atoms with E-state index >= 15 is 0 Å². The van der Waals surface area contributed by atoms with Gasteiger partial charge in [-0.05, 0) is 0 Å². The average molecular weight is 205 g/mol.